The van der Waals surface area contributed by atoms with E-state index in [2.05, 4.69) is 38.2 Å². The number of carbonyl (C=O) groups excluding carboxylic acids is 2. The number of carbonyl (C=O) groups is 2. The lowest BCUT2D eigenvalue weighted by Gasteiger charge is -2.24. The topological polar surface area (TPSA) is 71.0 Å². The van der Waals surface area contributed by atoms with Gasteiger partial charge in [0.15, 0.2) is 0 Å². The molecule has 0 spiro atoms. The quantitative estimate of drug-likeness (QED) is 0.305. The number of rotatable bonds is 9. The molecule has 5 rings (SSSR count). The summed E-state index contributed by atoms with van der Waals surface area (Å²) < 4.78 is 6.23. The number of nitrogens with one attached hydrogen (secondary N) is 1. The van der Waals surface area contributed by atoms with E-state index in [1.54, 1.807) is 0 Å². The Hall–Kier alpha value is -3.36. The summed E-state index contributed by atoms with van der Waals surface area (Å²) in [5.74, 6) is 0.639. The van der Waals surface area contributed by atoms with Crippen molar-refractivity contribution in [1.29, 1.82) is 0 Å². The SMILES string of the molecule is CCc1cc(COc2cc3c(cc2C)C(=O)N2c4ccccc4C[C@H]2C=N3)cc(NC(=O)CCC(C)(C)S(C)=S)c1. The molecule has 3 aromatic carbocycles. The van der Waals surface area contributed by atoms with Gasteiger partial charge in [-0.15, -0.1) is 9.45 Å². The van der Waals surface area contributed by atoms with Crippen LogP contribution in [0.2, 0.25) is 0 Å². The summed E-state index contributed by atoms with van der Waals surface area (Å²) in [5.41, 5.74) is 7.05. The van der Waals surface area contributed by atoms with Crippen LogP contribution in [0, 0.1) is 6.92 Å². The van der Waals surface area contributed by atoms with Crippen LogP contribution in [0.3, 0.4) is 0 Å². The van der Waals surface area contributed by atoms with Gasteiger partial charge >= 0.3 is 0 Å². The number of benzene rings is 3. The van der Waals surface area contributed by atoms with Gasteiger partial charge < -0.3 is 10.1 Å². The first kappa shape index (κ1) is 29.1. The van der Waals surface area contributed by atoms with E-state index in [1.807, 2.05) is 66.8 Å². The maximum Gasteiger partial charge on any atom is 0.261 e. The fourth-order valence-electron chi connectivity index (χ4n) is 5.27. The number of hydrogen-bond donors (Lipinski definition) is 1. The Bertz CT molecular complexity index is 1560. The summed E-state index contributed by atoms with van der Waals surface area (Å²) >= 11 is 5.46. The van der Waals surface area contributed by atoms with Crippen molar-refractivity contribution in [3.05, 3.63) is 82.4 Å². The average Bonchev–Trinajstić information content (AvgIpc) is 3.26. The Morgan fingerprint density at radius 1 is 1.17 bits per heavy atom. The molecule has 0 bridgehead atoms. The molecule has 3 aromatic rings. The smallest absolute Gasteiger partial charge is 0.261 e. The van der Waals surface area contributed by atoms with Crippen molar-refractivity contribution >= 4 is 55.7 Å². The fourth-order valence-corrected chi connectivity index (χ4v) is 5.90. The first-order valence-corrected chi connectivity index (χ1v) is 16.6. The first-order chi connectivity index (χ1) is 19.6. The van der Waals surface area contributed by atoms with Crippen LogP contribution >= 0.6 is 0 Å². The van der Waals surface area contributed by atoms with Crippen LogP contribution in [-0.4, -0.2) is 35.1 Å². The Balaban J connectivity index is 1.31. The van der Waals surface area contributed by atoms with Crippen LogP contribution in [0.15, 0.2) is 59.6 Å². The summed E-state index contributed by atoms with van der Waals surface area (Å²) in [6, 6.07) is 17.8. The largest absolute Gasteiger partial charge is 0.489 e. The maximum absolute atomic E-state index is 13.6. The molecule has 2 aliphatic rings. The normalized spacial score (nSPS) is 16.5. The second-order valence-corrected chi connectivity index (χ2v) is 14.9. The lowest BCUT2D eigenvalue weighted by Crippen LogP contribution is -2.37. The molecule has 0 saturated heterocycles. The molecule has 0 radical (unpaired) electrons. The van der Waals surface area contributed by atoms with Crippen molar-refractivity contribution in [3.63, 3.8) is 0 Å². The van der Waals surface area contributed by atoms with Crippen LogP contribution in [-0.2, 0) is 44.9 Å². The van der Waals surface area contributed by atoms with E-state index < -0.39 is 0 Å². The molecule has 2 atom stereocenters. The molecule has 2 amide bonds. The van der Waals surface area contributed by atoms with E-state index >= 15 is 0 Å². The molecule has 41 heavy (non-hydrogen) atoms. The number of aliphatic imine (C=N–C) groups is 1. The Kier molecular flexibility index (Phi) is 8.43. The summed E-state index contributed by atoms with van der Waals surface area (Å²) in [7, 11) is -0.178. The fraction of sp³-hybridized carbons (Fsp3) is 0.364. The lowest BCUT2D eigenvalue weighted by molar-refractivity contribution is -0.116. The third-order valence-corrected chi connectivity index (χ3v) is 11.1. The van der Waals surface area contributed by atoms with E-state index in [1.165, 1.54) is 0 Å². The van der Waals surface area contributed by atoms with Crippen molar-refractivity contribution in [1.82, 2.24) is 0 Å². The summed E-state index contributed by atoms with van der Waals surface area (Å²) in [4.78, 5) is 32.9. The third kappa shape index (κ3) is 6.28. The number of fused-ring (bicyclic) bond motifs is 4. The third-order valence-electron chi connectivity index (χ3n) is 8.01. The standard InChI is InChI=1S/C33H37N3O3S2/c1-6-22-14-23(16-25(15-22)35-31(37)11-12-33(3,4)41(5)40)20-39-30-18-28-27(13-21(30)2)32(38)36-26(19-34-28)17-24-9-7-8-10-29(24)36/h7-10,13-16,18-19,26H,6,11-12,17,20H2,1-5H3,(H,35,37)/t26-,41?/m0/s1. The van der Waals surface area contributed by atoms with E-state index in [-0.39, 0.29) is 32.1 Å². The van der Waals surface area contributed by atoms with Gasteiger partial charge in [0, 0.05) is 41.2 Å². The lowest BCUT2D eigenvalue weighted by atomic mass is 10.1. The monoisotopic (exact) mass is 587 g/mol. The molecule has 1 N–H and O–H groups in total. The van der Waals surface area contributed by atoms with Crippen LogP contribution in [0.5, 0.6) is 5.75 Å². The highest BCUT2D eigenvalue weighted by Gasteiger charge is 2.36. The number of ether oxygens (including phenoxy) is 1. The van der Waals surface area contributed by atoms with Crippen molar-refractivity contribution in [3.8, 4) is 5.75 Å². The predicted molar refractivity (Wildman–Crippen MR) is 173 cm³/mol. The Labute approximate surface area is 249 Å². The molecule has 8 heteroatoms. The second-order valence-electron chi connectivity index (χ2n) is 11.4. The molecule has 0 saturated carbocycles. The summed E-state index contributed by atoms with van der Waals surface area (Å²) in [5, 5.41) is 3.07. The molecule has 2 aliphatic heterocycles. The van der Waals surface area contributed by atoms with Crippen LogP contribution in [0.25, 0.3) is 0 Å². The van der Waals surface area contributed by atoms with Crippen LogP contribution < -0.4 is 15.0 Å². The van der Waals surface area contributed by atoms with Crippen molar-refractivity contribution in [2.45, 2.75) is 70.8 Å². The first-order valence-electron chi connectivity index (χ1n) is 14.0. The number of para-hydroxylation sites is 1. The molecule has 0 fully saturated rings. The zero-order valence-corrected chi connectivity index (χ0v) is 26.0. The zero-order valence-electron chi connectivity index (χ0n) is 24.3. The number of anilines is 2. The highest BCUT2D eigenvalue weighted by molar-refractivity contribution is 8.29. The van der Waals surface area contributed by atoms with Crippen LogP contribution in [0.1, 0.15) is 66.2 Å². The van der Waals surface area contributed by atoms with E-state index in [0.717, 1.165) is 52.9 Å². The second kappa shape index (κ2) is 11.9. The average molecular weight is 588 g/mol. The highest BCUT2D eigenvalue weighted by atomic mass is 32.8. The molecule has 6 nitrogen and oxygen atoms in total. The number of nitrogens with zero attached hydrogens (tertiary/aromatic N) is 2. The molecule has 2 heterocycles. The van der Waals surface area contributed by atoms with Gasteiger partial charge in [-0.1, -0.05) is 56.2 Å². The van der Waals surface area contributed by atoms with Gasteiger partial charge in [0.25, 0.3) is 5.91 Å². The predicted octanol–water partition coefficient (Wildman–Crippen LogP) is 6.63. The molecule has 0 aliphatic carbocycles. The van der Waals surface area contributed by atoms with Gasteiger partial charge in [-0.3, -0.25) is 19.5 Å². The van der Waals surface area contributed by atoms with Gasteiger partial charge in [0.1, 0.15) is 12.4 Å². The molecular formula is C33H37N3O3S2. The van der Waals surface area contributed by atoms with Crippen molar-refractivity contribution < 1.29 is 14.3 Å². The summed E-state index contributed by atoms with van der Waals surface area (Å²) in [6.07, 6.45) is 6.70. The van der Waals surface area contributed by atoms with Crippen molar-refractivity contribution in [2.24, 2.45) is 4.99 Å². The maximum atomic E-state index is 13.6. The minimum absolute atomic E-state index is 0.00842. The summed E-state index contributed by atoms with van der Waals surface area (Å²) in [6.45, 7) is 8.62. The molecule has 0 aromatic heterocycles. The number of hydrogen-bond acceptors (Lipinski definition) is 5. The number of aryl methyl sites for hydroxylation is 2. The highest BCUT2D eigenvalue weighted by Crippen LogP contribution is 2.38. The minimum atomic E-state index is -0.178. The number of amides is 2. The van der Waals surface area contributed by atoms with Crippen molar-refractivity contribution in [2.75, 3.05) is 16.5 Å². The van der Waals surface area contributed by atoms with Gasteiger partial charge in [-0.2, -0.15) is 0 Å². The van der Waals surface area contributed by atoms with Gasteiger partial charge in [-0.05, 0) is 72.5 Å². The Morgan fingerprint density at radius 2 is 1.93 bits per heavy atom. The Morgan fingerprint density at radius 3 is 2.68 bits per heavy atom. The van der Waals surface area contributed by atoms with E-state index in [0.29, 0.717) is 30.0 Å². The van der Waals surface area contributed by atoms with E-state index in [9.17, 15) is 9.59 Å². The molecule has 1 unspecified atom stereocenters. The van der Waals surface area contributed by atoms with Crippen LogP contribution in [0.4, 0.5) is 17.1 Å². The van der Waals surface area contributed by atoms with Gasteiger partial charge in [-0.25, -0.2) is 0 Å². The molecule has 214 valence electrons. The van der Waals surface area contributed by atoms with E-state index in [4.69, 9.17) is 20.9 Å². The molecular weight excluding hydrogens is 551 g/mol. The van der Waals surface area contributed by atoms with Gasteiger partial charge in [0.2, 0.25) is 5.91 Å². The zero-order chi connectivity index (χ0) is 29.3. The van der Waals surface area contributed by atoms with Gasteiger partial charge in [0.05, 0.1) is 17.3 Å². The minimum Gasteiger partial charge on any atom is -0.489 e.